The third kappa shape index (κ3) is 2.89. The molecule has 0 bridgehead atoms. The van der Waals surface area contributed by atoms with E-state index in [0.29, 0.717) is 6.54 Å². The zero-order valence-electron chi connectivity index (χ0n) is 9.08. The Morgan fingerprint density at radius 1 is 1.20 bits per heavy atom. The molecule has 1 rings (SSSR count). The number of β-amino-alcohol motifs (C(OH)–C–C–N with tert-alkyl or cyclic N) is 1. The van der Waals surface area contributed by atoms with Gasteiger partial charge in [-0.1, -0.05) is 13.3 Å². The van der Waals surface area contributed by atoms with Crippen molar-refractivity contribution < 1.29 is 20.4 Å². The molecule has 4 N–H and O–H groups in total. The molecule has 0 aromatic rings. The van der Waals surface area contributed by atoms with Crippen molar-refractivity contribution >= 4 is 0 Å². The van der Waals surface area contributed by atoms with Gasteiger partial charge in [-0.3, -0.25) is 4.90 Å². The summed E-state index contributed by atoms with van der Waals surface area (Å²) in [4.78, 5) is 1.84. The summed E-state index contributed by atoms with van der Waals surface area (Å²) in [6, 6.07) is -0.463. The summed E-state index contributed by atoms with van der Waals surface area (Å²) < 4.78 is 0. The number of aliphatic hydroxyl groups excluding tert-OH is 4. The predicted molar refractivity (Wildman–Crippen MR) is 55.4 cm³/mol. The molecule has 0 aromatic carbocycles. The van der Waals surface area contributed by atoms with E-state index < -0.39 is 24.4 Å². The highest BCUT2D eigenvalue weighted by molar-refractivity contribution is 4.93. The Balaban J connectivity index is 2.60. The molecule has 0 aromatic heterocycles. The van der Waals surface area contributed by atoms with Crippen molar-refractivity contribution in [1.29, 1.82) is 0 Å². The molecule has 90 valence electrons. The van der Waals surface area contributed by atoms with Gasteiger partial charge in [-0.15, -0.1) is 0 Å². The third-order valence-corrected chi connectivity index (χ3v) is 3.01. The summed E-state index contributed by atoms with van der Waals surface area (Å²) in [5, 5.41) is 37.8. The molecular formula is C10H21NO4. The highest BCUT2D eigenvalue weighted by Crippen LogP contribution is 2.19. The molecule has 1 heterocycles. The highest BCUT2D eigenvalue weighted by atomic mass is 16.4. The molecular weight excluding hydrogens is 198 g/mol. The van der Waals surface area contributed by atoms with E-state index in [9.17, 15) is 15.3 Å². The van der Waals surface area contributed by atoms with E-state index in [2.05, 4.69) is 6.92 Å². The van der Waals surface area contributed by atoms with Crippen molar-refractivity contribution in [3.05, 3.63) is 0 Å². The van der Waals surface area contributed by atoms with Crippen LogP contribution in [0.15, 0.2) is 0 Å². The Morgan fingerprint density at radius 3 is 2.40 bits per heavy atom. The van der Waals surface area contributed by atoms with Gasteiger partial charge >= 0.3 is 0 Å². The molecule has 15 heavy (non-hydrogen) atoms. The van der Waals surface area contributed by atoms with Crippen LogP contribution in [0.5, 0.6) is 0 Å². The molecule has 1 aliphatic heterocycles. The van der Waals surface area contributed by atoms with Crippen LogP contribution < -0.4 is 0 Å². The SMILES string of the molecule is CCCCN1C[C@@H](O)C(O)C(O)C1CO. The fourth-order valence-electron chi connectivity index (χ4n) is 2.00. The smallest absolute Gasteiger partial charge is 0.109 e. The van der Waals surface area contributed by atoms with E-state index in [0.717, 1.165) is 19.4 Å². The minimum atomic E-state index is -1.15. The van der Waals surface area contributed by atoms with Crippen molar-refractivity contribution in [2.75, 3.05) is 19.7 Å². The molecule has 3 unspecified atom stereocenters. The zero-order valence-corrected chi connectivity index (χ0v) is 9.08. The summed E-state index contributed by atoms with van der Waals surface area (Å²) in [6.45, 7) is 2.89. The van der Waals surface area contributed by atoms with Gasteiger partial charge in [0, 0.05) is 6.54 Å². The second-order valence-electron chi connectivity index (χ2n) is 4.15. The lowest BCUT2D eigenvalue weighted by Crippen LogP contribution is -2.62. The Labute approximate surface area is 90.0 Å². The highest BCUT2D eigenvalue weighted by Gasteiger charge is 2.40. The minimum absolute atomic E-state index is 0.200. The van der Waals surface area contributed by atoms with Crippen molar-refractivity contribution in [3.63, 3.8) is 0 Å². The van der Waals surface area contributed by atoms with E-state index in [1.54, 1.807) is 0 Å². The Bertz CT molecular complexity index is 190. The fourth-order valence-corrected chi connectivity index (χ4v) is 2.00. The summed E-state index contributed by atoms with van der Waals surface area (Å²) in [5.41, 5.74) is 0. The topological polar surface area (TPSA) is 84.2 Å². The van der Waals surface area contributed by atoms with Crippen molar-refractivity contribution in [2.24, 2.45) is 0 Å². The lowest BCUT2D eigenvalue weighted by atomic mass is 9.94. The zero-order chi connectivity index (χ0) is 11.4. The number of hydrogen-bond donors (Lipinski definition) is 4. The first kappa shape index (κ1) is 12.9. The molecule has 5 heteroatoms. The molecule has 5 nitrogen and oxygen atoms in total. The second kappa shape index (κ2) is 5.77. The molecule has 0 spiro atoms. The van der Waals surface area contributed by atoms with Crippen LogP contribution in [0.25, 0.3) is 0 Å². The van der Waals surface area contributed by atoms with E-state index in [-0.39, 0.29) is 6.61 Å². The number of aliphatic hydroxyl groups is 4. The van der Waals surface area contributed by atoms with Crippen LogP contribution in [-0.2, 0) is 0 Å². The van der Waals surface area contributed by atoms with E-state index in [4.69, 9.17) is 5.11 Å². The van der Waals surface area contributed by atoms with Crippen molar-refractivity contribution in [1.82, 2.24) is 4.90 Å². The van der Waals surface area contributed by atoms with Crippen LogP contribution in [0, 0.1) is 0 Å². The van der Waals surface area contributed by atoms with Gasteiger partial charge in [0.25, 0.3) is 0 Å². The Hall–Kier alpha value is -0.200. The number of rotatable bonds is 4. The molecule has 1 saturated heterocycles. The van der Waals surface area contributed by atoms with Gasteiger partial charge < -0.3 is 20.4 Å². The molecule has 1 aliphatic rings. The number of nitrogens with zero attached hydrogens (tertiary/aromatic N) is 1. The molecule has 0 radical (unpaired) electrons. The van der Waals surface area contributed by atoms with Crippen molar-refractivity contribution in [2.45, 2.75) is 44.1 Å². The Morgan fingerprint density at radius 2 is 1.87 bits per heavy atom. The largest absolute Gasteiger partial charge is 0.395 e. The van der Waals surface area contributed by atoms with Crippen LogP contribution >= 0.6 is 0 Å². The summed E-state index contributed by atoms with van der Waals surface area (Å²) in [5.74, 6) is 0. The second-order valence-corrected chi connectivity index (χ2v) is 4.15. The number of hydrogen-bond acceptors (Lipinski definition) is 5. The average Bonchev–Trinajstić information content (AvgIpc) is 2.23. The van der Waals surface area contributed by atoms with Gasteiger partial charge in [-0.2, -0.15) is 0 Å². The van der Waals surface area contributed by atoms with E-state index >= 15 is 0 Å². The van der Waals surface area contributed by atoms with Crippen LogP contribution in [0.2, 0.25) is 0 Å². The first-order valence-corrected chi connectivity index (χ1v) is 5.51. The molecule has 1 fully saturated rings. The molecule has 0 saturated carbocycles. The van der Waals surface area contributed by atoms with Crippen molar-refractivity contribution in [3.8, 4) is 0 Å². The van der Waals surface area contributed by atoms with Gasteiger partial charge in [0.05, 0.1) is 18.8 Å². The fraction of sp³-hybridized carbons (Fsp3) is 1.00. The van der Waals surface area contributed by atoms with Gasteiger partial charge in [0.15, 0.2) is 0 Å². The monoisotopic (exact) mass is 219 g/mol. The third-order valence-electron chi connectivity index (χ3n) is 3.01. The summed E-state index contributed by atoms with van der Waals surface area (Å²) in [7, 11) is 0. The number of piperidine rings is 1. The maximum absolute atomic E-state index is 9.67. The first-order valence-electron chi connectivity index (χ1n) is 5.51. The molecule has 4 atom stereocenters. The first-order chi connectivity index (χ1) is 7.11. The van der Waals surface area contributed by atoms with Crippen LogP contribution in [0.3, 0.4) is 0 Å². The Kier molecular flexibility index (Phi) is 4.95. The summed E-state index contributed by atoms with van der Waals surface area (Å²) >= 11 is 0. The lowest BCUT2D eigenvalue weighted by Gasteiger charge is -2.43. The maximum Gasteiger partial charge on any atom is 0.109 e. The lowest BCUT2D eigenvalue weighted by molar-refractivity contribution is -0.145. The van der Waals surface area contributed by atoms with Crippen LogP contribution in [0.1, 0.15) is 19.8 Å². The number of unbranched alkanes of at least 4 members (excludes halogenated alkanes) is 1. The quantitative estimate of drug-likeness (QED) is 0.465. The molecule has 0 aliphatic carbocycles. The van der Waals surface area contributed by atoms with Crippen LogP contribution in [0.4, 0.5) is 0 Å². The predicted octanol–water partition coefficient (Wildman–Crippen LogP) is -1.45. The average molecular weight is 219 g/mol. The normalized spacial score (nSPS) is 38.2. The van der Waals surface area contributed by atoms with E-state index in [1.165, 1.54) is 0 Å². The van der Waals surface area contributed by atoms with Gasteiger partial charge in [0.1, 0.15) is 12.2 Å². The van der Waals surface area contributed by atoms with Gasteiger partial charge in [-0.25, -0.2) is 0 Å². The van der Waals surface area contributed by atoms with Gasteiger partial charge in [-0.05, 0) is 13.0 Å². The minimum Gasteiger partial charge on any atom is -0.395 e. The number of likely N-dealkylation sites (tertiary alicyclic amines) is 1. The van der Waals surface area contributed by atoms with Crippen LogP contribution in [-0.4, -0.2) is 69.4 Å². The standard InChI is InChI=1S/C10H21NO4/c1-2-3-4-11-5-8(13)10(15)9(14)7(11)6-12/h7-10,12-15H,2-6H2,1H3/t7?,8-,9?,10?/m1/s1. The molecule has 0 amide bonds. The summed E-state index contributed by atoms with van der Waals surface area (Å²) in [6.07, 6.45) is -1.19. The van der Waals surface area contributed by atoms with Gasteiger partial charge in [0.2, 0.25) is 0 Å². The maximum atomic E-state index is 9.67. The van der Waals surface area contributed by atoms with E-state index in [1.807, 2.05) is 4.90 Å².